The van der Waals surface area contributed by atoms with Crippen molar-refractivity contribution in [2.45, 2.75) is 25.1 Å². The Morgan fingerprint density at radius 3 is 2.88 bits per heavy atom. The Bertz CT molecular complexity index is 828. The number of hydrogen-bond donors (Lipinski definition) is 1. The number of anilines is 1. The lowest BCUT2D eigenvalue weighted by Gasteiger charge is -2.52. The fourth-order valence-electron chi connectivity index (χ4n) is 3.53. The van der Waals surface area contributed by atoms with Crippen molar-refractivity contribution in [2.75, 3.05) is 12.0 Å². The molecule has 2 aliphatic rings. The first-order valence-electron chi connectivity index (χ1n) is 7.74. The predicted octanol–water partition coefficient (Wildman–Crippen LogP) is 3.77. The molecule has 2 bridgehead atoms. The molecule has 2 atom stereocenters. The molecule has 0 saturated carbocycles. The lowest BCUT2D eigenvalue weighted by atomic mass is 9.90. The highest BCUT2D eigenvalue weighted by Crippen LogP contribution is 2.48. The first-order valence-corrected chi connectivity index (χ1v) is 8.15. The Balaban J connectivity index is 1.83. The minimum atomic E-state index is -0.720. The summed E-state index contributed by atoms with van der Waals surface area (Å²) < 4.78 is 25.5. The fourth-order valence-corrected chi connectivity index (χ4v) is 3.97. The summed E-state index contributed by atoms with van der Waals surface area (Å²) in [7, 11) is 1.62. The molecule has 24 heavy (non-hydrogen) atoms. The molecular weight excluding hydrogens is 327 g/mol. The van der Waals surface area contributed by atoms with Gasteiger partial charge in [-0.1, -0.05) is 18.2 Å². The minimum Gasteiger partial charge on any atom is -0.493 e. The maximum Gasteiger partial charge on any atom is 0.188 e. The summed E-state index contributed by atoms with van der Waals surface area (Å²) in [6.45, 7) is 1.97. The molecule has 1 N–H and O–H groups in total. The molecular formula is C18H17FN2O2S. The van der Waals surface area contributed by atoms with E-state index in [4.69, 9.17) is 21.7 Å². The molecule has 2 unspecified atom stereocenters. The molecule has 0 spiro atoms. The van der Waals surface area contributed by atoms with Crippen LogP contribution in [0.3, 0.4) is 0 Å². The van der Waals surface area contributed by atoms with Gasteiger partial charge in [-0.2, -0.15) is 0 Å². The molecule has 2 aromatic carbocycles. The maximum atomic E-state index is 13.7. The quantitative estimate of drug-likeness (QED) is 0.839. The van der Waals surface area contributed by atoms with Gasteiger partial charge in [-0.25, -0.2) is 4.39 Å². The maximum absolute atomic E-state index is 13.7. The lowest BCUT2D eigenvalue weighted by molar-refractivity contribution is 0.0464. The van der Waals surface area contributed by atoms with Gasteiger partial charge >= 0.3 is 0 Å². The highest BCUT2D eigenvalue weighted by Gasteiger charge is 2.49. The summed E-state index contributed by atoms with van der Waals surface area (Å²) in [5, 5.41) is 3.87. The Kier molecular flexibility index (Phi) is 3.38. The number of rotatable bonds is 2. The molecule has 6 heteroatoms. The van der Waals surface area contributed by atoms with Gasteiger partial charge in [0.1, 0.15) is 5.82 Å². The molecule has 4 nitrogen and oxygen atoms in total. The number of para-hydroxylation sites is 1. The highest BCUT2D eigenvalue weighted by molar-refractivity contribution is 7.80. The van der Waals surface area contributed by atoms with E-state index >= 15 is 0 Å². The summed E-state index contributed by atoms with van der Waals surface area (Å²) >= 11 is 5.55. The van der Waals surface area contributed by atoms with E-state index in [1.54, 1.807) is 13.2 Å². The standard InChI is InChI=1S/C18H17FN2O2S/c1-18-10-14(13-7-4-8-15(22-2)16(13)23-18)20-17(24)21(18)12-6-3-5-11(19)9-12/h3-9,14H,10H2,1-2H3,(H,20,24). The van der Waals surface area contributed by atoms with Gasteiger partial charge in [-0.05, 0) is 43.4 Å². The van der Waals surface area contributed by atoms with E-state index in [1.165, 1.54) is 12.1 Å². The van der Waals surface area contributed by atoms with Crippen molar-refractivity contribution in [3.05, 3.63) is 53.8 Å². The molecule has 2 aliphatic heterocycles. The molecule has 0 aromatic heterocycles. The van der Waals surface area contributed by atoms with Gasteiger partial charge in [0.05, 0.1) is 13.2 Å². The third kappa shape index (κ3) is 2.21. The van der Waals surface area contributed by atoms with Crippen molar-refractivity contribution >= 4 is 23.0 Å². The molecule has 0 amide bonds. The molecule has 0 aliphatic carbocycles. The second-order valence-corrected chi connectivity index (χ2v) is 6.56. The van der Waals surface area contributed by atoms with Crippen LogP contribution in [0.4, 0.5) is 10.1 Å². The number of methoxy groups -OCH3 is 1. The van der Waals surface area contributed by atoms with Gasteiger partial charge in [0.15, 0.2) is 22.3 Å². The summed E-state index contributed by atoms with van der Waals surface area (Å²) in [5.41, 5.74) is 0.961. The van der Waals surface area contributed by atoms with Crippen LogP contribution in [0.1, 0.15) is 24.9 Å². The summed E-state index contributed by atoms with van der Waals surface area (Å²) in [5.74, 6) is 1.07. The van der Waals surface area contributed by atoms with Crippen LogP contribution < -0.4 is 19.7 Å². The number of ether oxygens (including phenoxy) is 2. The number of nitrogens with zero attached hydrogens (tertiary/aromatic N) is 1. The summed E-state index contributed by atoms with van der Waals surface area (Å²) in [4.78, 5) is 1.83. The van der Waals surface area contributed by atoms with Crippen molar-refractivity contribution in [2.24, 2.45) is 0 Å². The van der Waals surface area contributed by atoms with Gasteiger partial charge in [-0.3, -0.25) is 4.90 Å². The second kappa shape index (κ2) is 5.34. The van der Waals surface area contributed by atoms with E-state index in [0.29, 0.717) is 28.7 Å². The first-order chi connectivity index (χ1) is 11.5. The van der Waals surface area contributed by atoms with E-state index in [2.05, 4.69) is 5.32 Å². The fraction of sp³-hybridized carbons (Fsp3) is 0.278. The SMILES string of the molecule is COc1cccc2c1OC1(C)CC2NC(=S)N1c1cccc(F)c1. The summed E-state index contributed by atoms with van der Waals surface area (Å²) in [6.07, 6.45) is 0.684. The molecule has 2 heterocycles. The first kappa shape index (κ1) is 15.2. The lowest BCUT2D eigenvalue weighted by Crippen LogP contribution is -2.65. The normalized spacial score (nSPS) is 24.7. The third-order valence-corrected chi connectivity index (χ3v) is 4.85. The van der Waals surface area contributed by atoms with E-state index in [0.717, 1.165) is 5.56 Å². The van der Waals surface area contributed by atoms with Crippen LogP contribution in [-0.2, 0) is 0 Å². The van der Waals surface area contributed by atoms with Crippen molar-refractivity contribution < 1.29 is 13.9 Å². The average molecular weight is 344 g/mol. The monoisotopic (exact) mass is 344 g/mol. The van der Waals surface area contributed by atoms with Crippen molar-refractivity contribution in [3.8, 4) is 11.5 Å². The zero-order valence-electron chi connectivity index (χ0n) is 13.4. The zero-order valence-corrected chi connectivity index (χ0v) is 14.2. The molecule has 0 radical (unpaired) electrons. The van der Waals surface area contributed by atoms with Crippen LogP contribution in [0, 0.1) is 5.82 Å². The van der Waals surface area contributed by atoms with E-state index < -0.39 is 5.72 Å². The summed E-state index contributed by atoms with van der Waals surface area (Å²) in [6, 6.07) is 12.2. The van der Waals surface area contributed by atoms with Crippen LogP contribution in [0.5, 0.6) is 11.5 Å². The minimum absolute atomic E-state index is 0.0335. The molecule has 124 valence electrons. The van der Waals surface area contributed by atoms with E-state index in [9.17, 15) is 4.39 Å². The van der Waals surface area contributed by atoms with Crippen molar-refractivity contribution in [1.29, 1.82) is 0 Å². The molecule has 1 saturated heterocycles. The number of halogens is 1. The van der Waals surface area contributed by atoms with Crippen LogP contribution in [0.2, 0.25) is 0 Å². The number of benzene rings is 2. The second-order valence-electron chi connectivity index (χ2n) is 6.18. The highest BCUT2D eigenvalue weighted by atomic mass is 32.1. The largest absolute Gasteiger partial charge is 0.493 e. The number of nitrogens with one attached hydrogen (secondary N) is 1. The number of thiocarbonyl (C=S) groups is 1. The van der Waals surface area contributed by atoms with Crippen molar-refractivity contribution in [1.82, 2.24) is 5.32 Å². The van der Waals surface area contributed by atoms with Crippen LogP contribution in [0.25, 0.3) is 0 Å². The smallest absolute Gasteiger partial charge is 0.188 e. The number of fused-ring (bicyclic) bond motifs is 4. The van der Waals surface area contributed by atoms with Crippen LogP contribution in [-0.4, -0.2) is 17.9 Å². The molecule has 2 aromatic rings. The zero-order chi connectivity index (χ0) is 16.9. The van der Waals surface area contributed by atoms with Crippen LogP contribution in [0.15, 0.2) is 42.5 Å². The van der Waals surface area contributed by atoms with Crippen molar-refractivity contribution in [3.63, 3.8) is 0 Å². The average Bonchev–Trinajstić information content (AvgIpc) is 2.53. The van der Waals surface area contributed by atoms with E-state index in [-0.39, 0.29) is 11.9 Å². The molecule has 1 fully saturated rings. The Hall–Kier alpha value is -2.34. The van der Waals surface area contributed by atoms with E-state index in [1.807, 2.05) is 36.1 Å². The molecule has 4 rings (SSSR count). The third-order valence-electron chi connectivity index (χ3n) is 4.55. The van der Waals surface area contributed by atoms with Gasteiger partial charge < -0.3 is 14.8 Å². The number of hydrogen-bond acceptors (Lipinski definition) is 3. The predicted molar refractivity (Wildman–Crippen MR) is 94.0 cm³/mol. The Morgan fingerprint density at radius 2 is 2.12 bits per heavy atom. The van der Waals surface area contributed by atoms with Gasteiger partial charge in [0.2, 0.25) is 0 Å². The Labute approximate surface area is 145 Å². The van der Waals surface area contributed by atoms with Crippen LogP contribution >= 0.6 is 12.2 Å². The van der Waals surface area contributed by atoms with Gasteiger partial charge in [0, 0.05) is 17.7 Å². The Morgan fingerprint density at radius 1 is 1.33 bits per heavy atom. The topological polar surface area (TPSA) is 33.7 Å². The van der Waals surface area contributed by atoms with Gasteiger partial charge in [-0.15, -0.1) is 0 Å². The van der Waals surface area contributed by atoms with Gasteiger partial charge in [0.25, 0.3) is 0 Å².